The van der Waals surface area contributed by atoms with E-state index < -0.39 is 6.10 Å². The fraction of sp³-hybridized carbons (Fsp3) is 0.0909. The molecule has 0 saturated heterocycles. The number of benzene rings is 5. The van der Waals surface area contributed by atoms with Gasteiger partial charge in [0.1, 0.15) is 18.5 Å². The van der Waals surface area contributed by atoms with Crippen molar-refractivity contribution in [3.8, 4) is 5.75 Å². The van der Waals surface area contributed by atoms with E-state index in [-0.39, 0.29) is 13.2 Å². The van der Waals surface area contributed by atoms with Crippen LogP contribution in [0.2, 0.25) is 0 Å². The van der Waals surface area contributed by atoms with Crippen LogP contribution in [0, 0.1) is 0 Å². The fourth-order valence-electron chi connectivity index (χ4n) is 4.31. The quantitative estimate of drug-likeness (QED) is 0.209. The largest absolute Gasteiger partial charge is 0.491 e. The van der Waals surface area contributed by atoms with Gasteiger partial charge in [0, 0.05) is 34.1 Å². The second-order valence-electron chi connectivity index (χ2n) is 8.84. The minimum atomic E-state index is -0.902. The van der Waals surface area contributed by atoms with E-state index >= 15 is 0 Å². The Balaban J connectivity index is 1.48. The number of aliphatic hydroxyl groups excluding tert-OH is 2. The van der Waals surface area contributed by atoms with Crippen molar-refractivity contribution >= 4 is 34.1 Å². The van der Waals surface area contributed by atoms with Gasteiger partial charge in [-0.2, -0.15) is 0 Å². The maximum absolute atomic E-state index is 9.58. The van der Waals surface area contributed by atoms with Gasteiger partial charge in [-0.15, -0.1) is 0 Å². The second kappa shape index (κ2) is 12.1. The first-order valence-electron chi connectivity index (χ1n) is 12.6. The van der Waals surface area contributed by atoms with Crippen molar-refractivity contribution in [1.82, 2.24) is 0 Å². The van der Waals surface area contributed by atoms with Crippen LogP contribution >= 0.6 is 0 Å². The summed E-state index contributed by atoms with van der Waals surface area (Å²) in [5.41, 5.74) is 6.27. The third-order valence-corrected chi connectivity index (χ3v) is 6.16. The highest BCUT2D eigenvalue weighted by Gasteiger charge is 2.15. The van der Waals surface area contributed by atoms with Gasteiger partial charge < -0.3 is 24.7 Å². The molecule has 5 aromatic carbocycles. The summed E-state index contributed by atoms with van der Waals surface area (Å²) in [6.45, 7) is -0.291. The van der Waals surface area contributed by atoms with Crippen LogP contribution in [0.5, 0.6) is 5.75 Å². The maximum atomic E-state index is 9.58. The highest BCUT2D eigenvalue weighted by molar-refractivity contribution is 5.81. The average molecular weight is 503 g/mol. The number of aliphatic hydroxyl groups is 2. The lowest BCUT2D eigenvalue weighted by atomic mass is 10.1. The molecule has 0 spiro atoms. The van der Waals surface area contributed by atoms with Crippen molar-refractivity contribution in [2.75, 3.05) is 23.0 Å². The Kier molecular flexibility index (Phi) is 7.99. The number of nitrogens with zero attached hydrogens (tertiary/aromatic N) is 2. The van der Waals surface area contributed by atoms with Crippen LogP contribution in [0.3, 0.4) is 0 Å². The topological polar surface area (TPSA) is 56.2 Å². The Morgan fingerprint density at radius 3 is 1.13 bits per heavy atom. The molecule has 190 valence electrons. The summed E-state index contributed by atoms with van der Waals surface area (Å²) in [4.78, 5) is 4.43. The standard InChI is InChI=1S/C33H30N2O3/c36-24-32(37)25-38-33-22-20-31(21-23-33)35(28-14-8-3-9-15-28)30-18-16-29(17-19-30)34(26-10-4-1-5-11-26)27-12-6-2-7-13-27/h1-23,32,36-37H,24-25H2. The molecule has 0 radical (unpaired) electrons. The lowest BCUT2D eigenvalue weighted by Crippen LogP contribution is -2.21. The molecule has 5 aromatic rings. The van der Waals surface area contributed by atoms with Crippen LogP contribution in [-0.4, -0.2) is 29.5 Å². The van der Waals surface area contributed by atoms with E-state index in [2.05, 4.69) is 94.7 Å². The van der Waals surface area contributed by atoms with Gasteiger partial charge in [0.25, 0.3) is 0 Å². The third kappa shape index (κ3) is 5.86. The minimum Gasteiger partial charge on any atom is -0.491 e. The summed E-state index contributed by atoms with van der Waals surface area (Å²) in [7, 11) is 0. The Bertz CT molecular complexity index is 1350. The molecule has 1 unspecified atom stereocenters. The Hall–Kier alpha value is -4.58. The SMILES string of the molecule is OCC(O)COc1ccc(N(c2ccccc2)c2ccc(N(c3ccccc3)c3ccccc3)cc2)cc1. The second-order valence-corrected chi connectivity index (χ2v) is 8.84. The van der Waals surface area contributed by atoms with Gasteiger partial charge in [-0.1, -0.05) is 54.6 Å². The molecule has 0 bridgehead atoms. The molecule has 0 aliphatic carbocycles. The van der Waals surface area contributed by atoms with Gasteiger partial charge in [-0.25, -0.2) is 0 Å². The van der Waals surface area contributed by atoms with Crippen LogP contribution in [-0.2, 0) is 0 Å². The normalized spacial score (nSPS) is 11.5. The van der Waals surface area contributed by atoms with E-state index in [0.717, 1.165) is 34.1 Å². The zero-order valence-corrected chi connectivity index (χ0v) is 21.0. The van der Waals surface area contributed by atoms with E-state index in [1.54, 1.807) is 0 Å². The molecular formula is C33H30N2O3. The van der Waals surface area contributed by atoms with Crippen molar-refractivity contribution < 1.29 is 14.9 Å². The first kappa shape index (κ1) is 25.1. The fourth-order valence-corrected chi connectivity index (χ4v) is 4.31. The summed E-state index contributed by atoms with van der Waals surface area (Å²) in [5.74, 6) is 0.631. The molecule has 0 saturated carbocycles. The highest BCUT2D eigenvalue weighted by atomic mass is 16.5. The molecule has 5 heteroatoms. The van der Waals surface area contributed by atoms with Crippen LogP contribution in [0.15, 0.2) is 140 Å². The molecule has 0 heterocycles. The van der Waals surface area contributed by atoms with Crippen LogP contribution in [0.1, 0.15) is 0 Å². The van der Waals surface area contributed by atoms with E-state index in [9.17, 15) is 5.11 Å². The number of anilines is 6. The summed E-state index contributed by atoms with van der Waals surface area (Å²) in [6, 6.07) is 47.2. The third-order valence-electron chi connectivity index (χ3n) is 6.16. The summed E-state index contributed by atoms with van der Waals surface area (Å²) in [6.07, 6.45) is -0.902. The van der Waals surface area contributed by atoms with Crippen molar-refractivity contribution in [1.29, 1.82) is 0 Å². The molecule has 5 nitrogen and oxygen atoms in total. The first-order valence-corrected chi connectivity index (χ1v) is 12.6. The summed E-state index contributed by atoms with van der Waals surface area (Å²) >= 11 is 0. The molecule has 1 atom stereocenters. The molecular weight excluding hydrogens is 472 g/mol. The van der Waals surface area contributed by atoms with Gasteiger partial charge in [0.05, 0.1) is 6.61 Å². The van der Waals surface area contributed by atoms with Gasteiger partial charge in [-0.05, 0) is 84.9 Å². The molecule has 0 aliphatic rings. The van der Waals surface area contributed by atoms with E-state index in [0.29, 0.717) is 5.75 Å². The predicted octanol–water partition coefficient (Wildman–Crippen LogP) is 7.36. The lowest BCUT2D eigenvalue weighted by Gasteiger charge is -2.28. The van der Waals surface area contributed by atoms with Crippen LogP contribution in [0.25, 0.3) is 0 Å². The maximum Gasteiger partial charge on any atom is 0.119 e. The summed E-state index contributed by atoms with van der Waals surface area (Å²) in [5, 5.41) is 18.6. The Morgan fingerprint density at radius 1 is 0.474 bits per heavy atom. The number of hydrogen-bond acceptors (Lipinski definition) is 5. The van der Waals surface area contributed by atoms with Crippen molar-refractivity contribution in [2.24, 2.45) is 0 Å². The van der Waals surface area contributed by atoms with Crippen molar-refractivity contribution in [3.63, 3.8) is 0 Å². The van der Waals surface area contributed by atoms with Crippen molar-refractivity contribution in [3.05, 3.63) is 140 Å². The van der Waals surface area contributed by atoms with E-state index in [1.165, 1.54) is 0 Å². The summed E-state index contributed by atoms with van der Waals surface area (Å²) < 4.78 is 5.60. The van der Waals surface area contributed by atoms with Gasteiger partial charge >= 0.3 is 0 Å². The Morgan fingerprint density at radius 2 is 0.789 bits per heavy atom. The Labute approximate surface area is 223 Å². The van der Waals surface area contributed by atoms with E-state index in [1.807, 2.05) is 54.6 Å². The lowest BCUT2D eigenvalue weighted by molar-refractivity contribution is 0.0536. The van der Waals surface area contributed by atoms with Gasteiger partial charge in [0.15, 0.2) is 0 Å². The molecule has 0 amide bonds. The van der Waals surface area contributed by atoms with Crippen LogP contribution in [0.4, 0.5) is 34.1 Å². The first-order chi connectivity index (χ1) is 18.7. The van der Waals surface area contributed by atoms with Gasteiger partial charge in [0.2, 0.25) is 0 Å². The monoisotopic (exact) mass is 502 g/mol. The molecule has 2 N–H and O–H groups in total. The zero-order chi connectivity index (χ0) is 26.2. The zero-order valence-electron chi connectivity index (χ0n) is 21.0. The highest BCUT2D eigenvalue weighted by Crippen LogP contribution is 2.39. The molecule has 5 rings (SSSR count). The van der Waals surface area contributed by atoms with Crippen LogP contribution < -0.4 is 14.5 Å². The number of hydrogen-bond donors (Lipinski definition) is 2. The minimum absolute atomic E-state index is 0.0407. The molecule has 0 aromatic heterocycles. The molecule has 0 fully saturated rings. The average Bonchev–Trinajstić information content (AvgIpc) is 2.99. The molecule has 0 aliphatic heterocycles. The number of rotatable bonds is 10. The number of para-hydroxylation sites is 3. The smallest absolute Gasteiger partial charge is 0.119 e. The predicted molar refractivity (Wildman–Crippen MR) is 154 cm³/mol. The number of ether oxygens (including phenoxy) is 1. The molecule has 38 heavy (non-hydrogen) atoms. The van der Waals surface area contributed by atoms with Crippen molar-refractivity contribution in [2.45, 2.75) is 6.10 Å². The van der Waals surface area contributed by atoms with Gasteiger partial charge in [-0.3, -0.25) is 0 Å². The van der Waals surface area contributed by atoms with E-state index in [4.69, 9.17) is 9.84 Å².